The third kappa shape index (κ3) is 2.19. The summed E-state index contributed by atoms with van der Waals surface area (Å²) in [6.07, 6.45) is 3.25. The molecule has 0 aromatic carbocycles. The van der Waals surface area contributed by atoms with Crippen molar-refractivity contribution in [1.29, 1.82) is 0 Å². The summed E-state index contributed by atoms with van der Waals surface area (Å²) in [5, 5.41) is 8.88. The van der Waals surface area contributed by atoms with Crippen LogP contribution in [-0.2, 0) is 14.9 Å². The molecule has 7 heteroatoms. The zero-order valence-electron chi connectivity index (χ0n) is 11.1. The van der Waals surface area contributed by atoms with Crippen LogP contribution < -0.4 is 0 Å². The Labute approximate surface area is 117 Å². The van der Waals surface area contributed by atoms with E-state index in [4.69, 9.17) is 4.74 Å². The second-order valence-corrected chi connectivity index (χ2v) is 7.25. The van der Waals surface area contributed by atoms with E-state index in [1.165, 1.54) is 0 Å². The number of aliphatic hydroxyl groups is 1. The predicted molar refractivity (Wildman–Crippen MR) is 72.8 cm³/mol. The van der Waals surface area contributed by atoms with Crippen molar-refractivity contribution in [2.24, 2.45) is 16.8 Å². The van der Waals surface area contributed by atoms with Crippen molar-refractivity contribution in [3.05, 3.63) is 23.1 Å². The second-order valence-electron chi connectivity index (χ2n) is 5.62. The monoisotopic (exact) mass is 299 g/mol. The molecule has 0 spiro atoms. The molecule has 0 saturated heterocycles. The maximum atomic E-state index is 11.6. The standard InChI is InChI=1S/C13H17NO5S/c1-7-4-8(12(5-11(7)15)20(16,17)18)9-6-14-10-2-3-19-13(9)10/h2,6-8,11-12,15H,3-5H2,1H3,(H,16,17,18)/t7?,8-,11-,12?/m1/s1. The van der Waals surface area contributed by atoms with Crippen LogP contribution in [0, 0.1) is 11.8 Å². The number of allylic oxidation sites excluding steroid dienone is 1. The molecule has 3 aliphatic rings. The summed E-state index contributed by atoms with van der Waals surface area (Å²) in [6, 6.07) is 0. The first-order valence-corrected chi connectivity index (χ1v) is 8.14. The van der Waals surface area contributed by atoms with Crippen LogP contribution in [-0.4, -0.2) is 42.3 Å². The molecule has 2 heterocycles. The number of rotatable bonds is 2. The minimum Gasteiger partial charge on any atom is -0.487 e. The highest BCUT2D eigenvalue weighted by Gasteiger charge is 2.44. The fourth-order valence-corrected chi connectivity index (χ4v) is 4.29. The fourth-order valence-electron chi connectivity index (χ4n) is 3.18. The van der Waals surface area contributed by atoms with E-state index < -0.39 is 27.4 Å². The van der Waals surface area contributed by atoms with Gasteiger partial charge < -0.3 is 9.84 Å². The van der Waals surface area contributed by atoms with Crippen LogP contribution in [0.4, 0.5) is 0 Å². The number of aliphatic hydroxyl groups excluding tert-OH is 1. The van der Waals surface area contributed by atoms with Crippen molar-refractivity contribution < 1.29 is 22.8 Å². The Balaban J connectivity index is 2.00. The van der Waals surface area contributed by atoms with Crippen molar-refractivity contribution in [1.82, 2.24) is 0 Å². The van der Waals surface area contributed by atoms with Crippen LogP contribution in [0.25, 0.3) is 0 Å². The van der Waals surface area contributed by atoms with Gasteiger partial charge in [0.1, 0.15) is 18.1 Å². The number of hydrogen-bond acceptors (Lipinski definition) is 5. The molecule has 20 heavy (non-hydrogen) atoms. The lowest BCUT2D eigenvalue weighted by Crippen LogP contribution is -2.42. The quantitative estimate of drug-likeness (QED) is 0.739. The molecule has 0 aromatic rings. The molecule has 110 valence electrons. The van der Waals surface area contributed by atoms with Gasteiger partial charge in [0.05, 0.1) is 11.4 Å². The molecule has 6 nitrogen and oxygen atoms in total. The van der Waals surface area contributed by atoms with Gasteiger partial charge in [0.2, 0.25) is 0 Å². The molecule has 0 amide bonds. The average molecular weight is 299 g/mol. The molecule has 4 atom stereocenters. The molecule has 0 radical (unpaired) electrons. The van der Waals surface area contributed by atoms with E-state index in [1.807, 2.05) is 13.0 Å². The third-order valence-corrected chi connectivity index (χ3v) is 5.62. The minimum atomic E-state index is -4.23. The van der Waals surface area contributed by atoms with Crippen LogP contribution in [0.1, 0.15) is 19.8 Å². The molecule has 1 saturated carbocycles. The first-order chi connectivity index (χ1) is 9.38. The Morgan fingerprint density at radius 2 is 2.15 bits per heavy atom. The van der Waals surface area contributed by atoms with E-state index in [-0.39, 0.29) is 12.3 Å². The molecule has 1 fully saturated rings. The first-order valence-electron chi connectivity index (χ1n) is 6.64. The Bertz CT molecular complexity index is 619. The van der Waals surface area contributed by atoms with E-state index in [9.17, 15) is 18.1 Å². The lowest BCUT2D eigenvalue weighted by Gasteiger charge is -2.36. The average Bonchev–Trinajstić information content (AvgIpc) is 2.93. The SMILES string of the molecule is CC1C[C@H](C2=C3OCC=C3N=C2)C(S(=O)(=O)O)C[C@H]1O. The van der Waals surface area contributed by atoms with Gasteiger partial charge in [-0.1, -0.05) is 6.92 Å². The molecular formula is C13H17NO5S. The Morgan fingerprint density at radius 1 is 1.40 bits per heavy atom. The van der Waals surface area contributed by atoms with Gasteiger partial charge in [0.25, 0.3) is 10.1 Å². The summed E-state index contributed by atoms with van der Waals surface area (Å²) in [7, 11) is -4.23. The molecule has 1 aliphatic carbocycles. The van der Waals surface area contributed by atoms with Gasteiger partial charge in [-0.15, -0.1) is 0 Å². The molecule has 2 aliphatic heterocycles. The second kappa shape index (κ2) is 4.68. The van der Waals surface area contributed by atoms with Gasteiger partial charge in [-0.2, -0.15) is 8.42 Å². The van der Waals surface area contributed by atoms with E-state index in [2.05, 4.69) is 4.99 Å². The number of ether oxygens (including phenoxy) is 1. The molecule has 2 N–H and O–H groups in total. The summed E-state index contributed by atoms with van der Waals surface area (Å²) in [6.45, 7) is 2.31. The predicted octanol–water partition coefficient (Wildman–Crippen LogP) is 0.902. The van der Waals surface area contributed by atoms with E-state index >= 15 is 0 Å². The molecule has 0 bridgehead atoms. The van der Waals surface area contributed by atoms with Gasteiger partial charge in [0, 0.05) is 17.7 Å². The number of aliphatic imine (C=N–C) groups is 1. The topological polar surface area (TPSA) is 96.2 Å². The van der Waals surface area contributed by atoms with Crippen molar-refractivity contribution in [3.63, 3.8) is 0 Å². The molecular weight excluding hydrogens is 282 g/mol. The summed E-state index contributed by atoms with van der Waals surface area (Å²) in [5.41, 5.74) is 1.45. The van der Waals surface area contributed by atoms with Crippen molar-refractivity contribution in [2.75, 3.05) is 6.61 Å². The van der Waals surface area contributed by atoms with Gasteiger partial charge in [-0.05, 0) is 24.8 Å². The Hall–Kier alpha value is -1.18. The van der Waals surface area contributed by atoms with Gasteiger partial charge >= 0.3 is 0 Å². The van der Waals surface area contributed by atoms with Crippen molar-refractivity contribution in [2.45, 2.75) is 31.1 Å². The van der Waals surface area contributed by atoms with E-state index in [0.717, 1.165) is 11.3 Å². The highest BCUT2D eigenvalue weighted by molar-refractivity contribution is 7.86. The van der Waals surface area contributed by atoms with Crippen LogP contribution in [0.3, 0.4) is 0 Å². The number of fused-ring (bicyclic) bond motifs is 1. The number of hydrogen-bond donors (Lipinski definition) is 2. The van der Waals surface area contributed by atoms with Crippen LogP contribution >= 0.6 is 0 Å². The zero-order chi connectivity index (χ0) is 14.5. The highest BCUT2D eigenvalue weighted by Crippen LogP contribution is 2.41. The van der Waals surface area contributed by atoms with Crippen LogP contribution in [0.5, 0.6) is 0 Å². The van der Waals surface area contributed by atoms with E-state index in [1.54, 1.807) is 6.21 Å². The van der Waals surface area contributed by atoms with Crippen molar-refractivity contribution in [3.8, 4) is 0 Å². The minimum absolute atomic E-state index is 0.0334. The summed E-state index contributed by atoms with van der Waals surface area (Å²) in [5.74, 6) is 0.187. The summed E-state index contributed by atoms with van der Waals surface area (Å²) < 4.78 is 38.2. The first kappa shape index (κ1) is 13.8. The van der Waals surface area contributed by atoms with E-state index in [0.29, 0.717) is 18.8 Å². The van der Waals surface area contributed by atoms with Crippen LogP contribution in [0.15, 0.2) is 28.1 Å². The van der Waals surface area contributed by atoms with Gasteiger partial charge in [-0.3, -0.25) is 9.55 Å². The Kier molecular flexibility index (Phi) is 3.23. The maximum Gasteiger partial charge on any atom is 0.268 e. The lowest BCUT2D eigenvalue weighted by molar-refractivity contribution is 0.0649. The highest BCUT2D eigenvalue weighted by atomic mass is 32.2. The summed E-state index contributed by atoms with van der Waals surface area (Å²) in [4.78, 5) is 4.21. The van der Waals surface area contributed by atoms with Crippen LogP contribution in [0.2, 0.25) is 0 Å². The number of nitrogens with zero attached hydrogens (tertiary/aromatic N) is 1. The molecule has 2 unspecified atom stereocenters. The molecule has 0 aromatic heterocycles. The van der Waals surface area contributed by atoms with Crippen molar-refractivity contribution >= 4 is 16.3 Å². The normalized spacial score (nSPS) is 36.9. The van der Waals surface area contributed by atoms with Gasteiger partial charge in [0.15, 0.2) is 0 Å². The Morgan fingerprint density at radius 3 is 2.85 bits per heavy atom. The smallest absolute Gasteiger partial charge is 0.268 e. The maximum absolute atomic E-state index is 11.6. The summed E-state index contributed by atoms with van der Waals surface area (Å²) >= 11 is 0. The van der Waals surface area contributed by atoms with Gasteiger partial charge in [-0.25, -0.2) is 0 Å². The molecule has 3 rings (SSSR count). The fraction of sp³-hybridized carbons (Fsp3) is 0.615. The zero-order valence-corrected chi connectivity index (χ0v) is 11.9. The largest absolute Gasteiger partial charge is 0.487 e. The third-order valence-electron chi connectivity index (χ3n) is 4.33. The lowest BCUT2D eigenvalue weighted by atomic mass is 9.76.